The molecule has 0 N–H and O–H groups in total. The van der Waals surface area contributed by atoms with Gasteiger partial charge in [-0.2, -0.15) is 4.98 Å². The Morgan fingerprint density at radius 1 is 1.47 bits per heavy atom. The Morgan fingerprint density at radius 2 is 2.16 bits per heavy atom. The third-order valence-electron chi connectivity index (χ3n) is 2.57. The van der Waals surface area contributed by atoms with Crippen molar-refractivity contribution in [1.29, 1.82) is 0 Å². The van der Waals surface area contributed by atoms with Crippen molar-refractivity contribution in [2.75, 3.05) is 19.8 Å². The molecule has 1 aliphatic rings. The largest absolute Gasteiger partial charge is 0.478 e. The zero-order chi connectivity index (χ0) is 13.8. The Labute approximate surface area is 109 Å². The van der Waals surface area contributed by atoms with Gasteiger partial charge in [-0.05, 0) is 13.8 Å². The lowest BCUT2D eigenvalue weighted by atomic mass is 10.1. The second-order valence-electron chi connectivity index (χ2n) is 3.92. The molecule has 2 heterocycles. The minimum Gasteiger partial charge on any atom is -0.478 e. The summed E-state index contributed by atoms with van der Waals surface area (Å²) in [6.45, 7) is 4.52. The SMILES string of the molecule is CCOc1nc(C)nc(C(F)C=O)c1C1OCCO1. The van der Waals surface area contributed by atoms with Crippen LogP contribution < -0.4 is 4.74 Å². The van der Waals surface area contributed by atoms with Gasteiger partial charge in [-0.1, -0.05) is 0 Å². The van der Waals surface area contributed by atoms with E-state index in [2.05, 4.69) is 9.97 Å². The molecule has 0 radical (unpaired) electrons. The summed E-state index contributed by atoms with van der Waals surface area (Å²) in [5.74, 6) is 0.520. The maximum atomic E-state index is 13.8. The molecule has 2 rings (SSSR count). The first-order chi connectivity index (χ1) is 9.17. The van der Waals surface area contributed by atoms with Gasteiger partial charge in [0.25, 0.3) is 0 Å². The Bertz CT molecular complexity index is 463. The van der Waals surface area contributed by atoms with E-state index in [4.69, 9.17) is 14.2 Å². The molecule has 0 saturated carbocycles. The van der Waals surface area contributed by atoms with Gasteiger partial charge in [0.2, 0.25) is 5.88 Å². The van der Waals surface area contributed by atoms with E-state index < -0.39 is 12.5 Å². The number of halogens is 1. The van der Waals surface area contributed by atoms with Crippen molar-refractivity contribution in [2.45, 2.75) is 26.3 Å². The molecule has 19 heavy (non-hydrogen) atoms. The van der Waals surface area contributed by atoms with Crippen LogP contribution in [0.4, 0.5) is 4.39 Å². The molecule has 1 aromatic rings. The molecule has 1 aromatic heterocycles. The molecule has 0 spiro atoms. The van der Waals surface area contributed by atoms with Gasteiger partial charge >= 0.3 is 0 Å². The molecule has 0 aliphatic carbocycles. The van der Waals surface area contributed by atoms with E-state index in [0.29, 0.717) is 25.6 Å². The van der Waals surface area contributed by atoms with Gasteiger partial charge in [0.15, 0.2) is 18.7 Å². The van der Waals surface area contributed by atoms with Crippen LogP contribution in [0.15, 0.2) is 0 Å². The lowest BCUT2D eigenvalue weighted by molar-refractivity contribution is -0.112. The Balaban J connectivity index is 2.52. The van der Waals surface area contributed by atoms with Crippen molar-refractivity contribution in [3.05, 3.63) is 17.1 Å². The molecule has 0 amide bonds. The monoisotopic (exact) mass is 270 g/mol. The minimum atomic E-state index is -1.86. The maximum absolute atomic E-state index is 13.8. The number of aromatic nitrogens is 2. The van der Waals surface area contributed by atoms with Gasteiger partial charge in [0.1, 0.15) is 5.82 Å². The highest BCUT2D eigenvalue weighted by Crippen LogP contribution is 2.35. The van der Waals surface area contributed by atoms with Crippen LogP contribution in [0, 0.1) is 6.92 Å². The fraction of sp³-hybridized carbons (Fsp3) is 0.583. The number of hydrogen-bond acceptors (Lipinski definition) is 6. The molecule has 0 aromatic carbocycles. The lowest BCUT2D eigenvalue weighted by Crippen LogP contribution is -2.14. The van der Waals surface area contributed by atoms with Gasteiger partial charge in [0.05, 0.1) is 31.1 Å². The summed E-state index contributed by atoms with van der Waals surface area (Å²) in [6.07, 6.45) is -2.48. The molecule has 1 atom stereocenters. The summed E-state index contributed by atoms with van der Waals surface area (Å²) in [6, 6.07) is 0. The topological polar surface area (TPSA) is 70.5 Å². The van der Waals surface area contributed by atoms with Crippen molar-refractivity contribution in [1.82, 2.24) is 9.97 Å². The van der Waals surface area contributed by atoms with Crippen molar-refractivity contribution in [3.8, 4) is 5.88 Å². The number of aldehydes is 1. The lowest BCUT2D eigenvalue weighted by Gasteiger charge is -2.18. The fourth-order valence-corrected chi connectivity index (χ4v) is 1.84. The quantitative estimate of drug-likeness (QED) is 0.754. The second-order valence-corrected chi connectivity index (χ2v) is 3.92. The number of ether oxygens (including phenoxy) is 3. The van der Waals surface area contributed by atoms with Crippen molar-refractivity contribution < 1.29 is 23.4 Å². The summed E-state index contributed by atoms with van der Waals surface area (Å²) < 4.78 is 29.8. The molecule has 1 aliphatic heterocycles. The van der Waals surface area contributed by atoms with Gasteiger partial charge in [-0.3, -0.25) is 4.79 Å². The Hall–Kier alpha value is -1.60. The number of carbonyl (C=O) groups is 1. The molecule has 0 bridgehead atoms. The standard InChI is InChI=1S/C12H15FN2O4/c1-3-17-11-9(12-18-4-5-19-12)10(8(13)6-16)14-7(2)15-11/h6,8,12H,3-5H2,1-2H3. The third-order valence-corrected chi connectivity index (χ3v) is 2.57. The zero-order valence-corrected chi connectivity index (χ0v) is 10.8. The smallest absolute Gasteiger partial charge is 0.225 e. The molecule has 1 fully saturated rings. The summed E-state index contributed by atoms with van der Waals surface area (Å²) in [5.41, 5.74) is 0.197. The molecule has 1 saturated heterocycles. The van der Waals surface area contributed by atoms with Crippen LogP contribution >= 0.6 is 0 Å². The first kappa shape index (κ1) is 13.8. The van der Waals surface area contributed by atoms with E-state index in [1.165, 1.54) is 0 Å². The Kier molecular flexibility index (Phi) is 4.39. The van der Waals surface area contributed by atoms with Crippen LogP contribution in [0.2, 0.25) is 0 Å². The molecule has 1 unspecified atom stereocenters. The van der Waals surface area contributed by atoms with E-state index in [9.17, 15) is 9.18 Å². The molecule has 7 heteroatoms. The third kappa shape index (κ3) is 2.87. The van der Waals surface area contributed by atoms with Crippen LogP contribution in [0.25, 0.3) is 0 Å². The summed E-state index contributed by atoms with van der Waals surface area (Å²) >= 11 is 0. The highest BCUT2D eigenvalue weighted by atomic mass is 19.1. The van der Waals surface area contributed by atoms with Gasteiger partial charge < -0.3 is 14.2 Å². The molecular formula is C12H15FN2O4. The predicted octanol–water partition coefficient (Wildman–Crippen LogP) is 1.44. The maximum Gasteiger partial charge on any atom is 0.225 e. The van der Waals surface area contributed by atoms with Crippen LogP contribution in [0.1, 0.15) is 36.5 Å². The van der Waals surface area contributed by atoms with E-state index in [1.807, 2.05) is 0 Å². The normalized spacial score (nSPS) is 17.4. The van der Waals surface area contributed by atoms with Crippen LogP contribution in [0.5, 0.6) is 5.88 Å². The van der Waals surface area contributed by atoms with E-state index >= 15 is 0 Å². The number of carbonyl (C=O) groups excluding carboxylic acids is 1. The highest BCUT2D eigenvalue weighted by molar-refractivity contribution is 5.60. The zero-order valence-electron chi connectivity index (χ0n) is 10.8. The molecule has 104 valence electrons. The fourth-order valence-electron chi connectivity index (χ4n) is 1.84. The number of hydrogen-bond donors (Lipinski definition) is 0. The van der Waals surface area contributed by atoms with Gasteiger partial charge in [-0.15, -0.1) is 0 Å². The first-order valence-corrected chi connectivity index (χ1v) is 6.01. The first-order valence-electron chi connectivity index (χ1n) is 6.01. The number of nitrogens with zero attached hydrogens (tertiary/aromatic N) is 2. The van der Waals surface area contributed by atoms with Crippen molar-refractivity contribution in [3.63, 3.8) is 0 Å². The summed E-state index contributed by atoms with van der Waals surface area (Å²) in [5, 5.41) is 0. The summed E-state index contributed by atoms with van der Waals surface area (Å²) in [7, 11) is 0. The van der Waals surface area contributed by atoms with Crippen LogP contribution in [-0.4, -0.2) is 36.1 Å². The number of alkyl halides is 1. The van der Waals surface area contributed by atoms with Gasteiger partial charge in [-0.25, -0.2) is 9.37 Å². The molecule has 6 nitrogen and oxygen atoms in total. The average Bonchev–Trinajstić information content (AvgIpc) is 2.91. The van der Waals surface area contributed by atoms with Crippen molar-refractivity contribution in [2.24, 2.45) is 0 Å². The highest BCUT2D eigenvalue weighted by Gasteiger charge is 2.31. The van der Waals surface area contributed by atoms with E-state index in [0.717, 1.165) is 0 Å². The Morgan fingerprint density at radius 3 is 2.74 bits per heavy atom. The number of aryl methyl sites for hydroxylation is 1. The molecular weight excluding hydrogens is 255 g/mol. The average molecular weight is 270 g/mol. The van der Waals surface area contributed by atoms with E-state index in [1.54, 1.807) is 13.8 Å². The van der Waals surface area contributed by atoms with Crippen LogP contribution in [0.3, 0.4) is 0 Å². The van der Waals surface area contributed by atoms with Crippen molar-refractivity contribution >= 4 is 6.29 Å². The predicted molar refractivity (Wildman–Crippen MR) is 62.5 cm³/mol. The summed E-state index contributed by atoms with van der Waals surface area (Å²) in [4.78, 5) is 18.8. The second kappa shape index (κ2) is 6.03. The minimum absolute atomic E-state index is 0.0575. The van der Waals surface area contributed by atoms with E-state index in [-0.39, 0.29) is 23.4 Å². The van der Waals surface area contributed by atoms with Gasteiger partial charge in [0, 0.05) is 0 Å². The number of rotatable bonds is 5. The van der Waals surface area contributed by atoms with Crippen LogP contribution in [-0.2, 0) is 14.3 Å².